The molecule has 1 atom stereocenters. The van der Waals surface area contributed by atoms with E-state index < -0.39 is 0 Å². The van der Waals surface area contributed by atoms with Crippen LogP contribution in [-0.4, -0.2) is 6.71 Å². The molecule has 4 heteroatoms. The van der Waals surface area contributed by atoms with Gasteiger partial charge in [-0.25, -0.2) is 0 Å². The van der Waals surface area contributed by atoms with Crippen LogP contribution in [0.15, 0.2) is 95.0 Å². The van der Waals surface area contributed by atoms with Gasteiger partial charge in [-0.05, 0) is 150 Å². The maximum atomic E-state index is 7.13. The maximum Gasteiger partial charge on any atom is 0.291 e. The summed E-state index contributed by atoms with van der Waals surface area (Å²) in [5.74, 6) is 1.36. The van der Waals surface area contributed by atoms with Crippen molar-refractivity contribution in [3.05, 3.63) is 113 Å². The van der Waals surface area contributed by atoms with Crippen molar-refractivity contribution in [1.82, 2.24) is 0 Å². The molecule has 3 nitrogen and oxygen atoms in total. The van der Waals surface area contributed by atoms with Gasteiger partial charge in [0.05, 0.1) is 5.66 Å². The smallest absolute Gasteiger partial charge is 0.291 e. The summed E-state index contributed by atoms with van der Waals surface area (Å²) in [5, 5.41) is 8.86. The first kappa shape index (κ1) is 42.2. The highest BCUT2D eigenvalue weighted by molar-refractivity contribution is 6.92. The minimum Gasteiger partial charge on any atom is -0.470 e. The lowest BCUT2D eigenvalue weighted by Crippen LogP contribution is -2.45. The number of allylic oxidation sites excluding steroid dienone is 5. The van der Waals surface area contributed by atoms with E-state index in [0.717, 1.165) is 53.5 Å². The molecule has 1 aliphatic rings. The van der Waals surface area contributed by atoms with E-state index in [2.05, 4.69) is 186 Å². The fourth-order valence-electron chi connectivity index (χ4n) is 8.14. The zero-order chi connectivity index (χ0) is 40.1. The molecule has 0 spiro atoms. The molecule has 1 unspecified atom stereocenters. The lowest BCUT2D eigenvalue weighted by atomic mass is 9.37. The van der Waals surface area contributed by atoms with Gasteiger partial charge in [0.15, 0.2) is 0 Å². The molecule has 0 bridgehead atoms. The zero-order valence-corrected chi connectivity index (χ0v) is 36.7. The van der Waals surface area contributed by atoms with Gasteiger partial charge >= 0.3 is 0 Å². The van der Waals surface area contributed by atoms with E-state index in [1.54, 1.807) is 0 Å². The quantitative estimate of drug-likeness (QED) is 0.0942. The van der Waals surface area contributed by atoms with E-state index in [9.17, 15) is 0 Å². The third kappa shape index (κ3) is 10.7. The van der Waals surface area contributed by atoms with Crippen LogP contribution < -0.4 is 21.8 Å². The summed E-state index contributed by atoms with van der Waals surface area (Å²) in [5.41, 5.74) is 13.4. The molecule has 3 aromatic carbocycles. The maximum absolute atomic E-state index is 7.13. The van der Waals surface area contributed by atoms with Crippen molar-refractivity contribution in [2.24, 2.45) is 17.3 Å². The van der Waals surface area contributed by atoms with Gasteiger partial charge in [0, 0.05) is 22.4 Å². The van der Waals surface area contributed by atoms with E-state index in [-0.39, 0.29) is 23.0 Å². The molecule has 0 fully saturated rings. The van der Waals surface area contributed by atoms with Crippen LogP contribution in [0.4, 0.5) is 17.1 Å². The van der Waals surface area contributed by atoms with Crippen LogP contribution in [0.1, 0.15) is 144 Å². The van der Waals surface area contributed by atoms with Crippen LogP contribution in [-0.2, 0) is 17.3 Å². The van der Waals surface area contributed by atoms with Gasteiger partial charge in [0.25, 0.3) is 6.71 Å². The number of fused-ring (bicyclic) bond motifs is 2. The highest BCUT2D eigenvalue weighted by atomic mass is 16.3. The largest absolute Gasteiger partial charge is 0.470 e. The highest BCUT2D eigenvalue weighted by Gasteiger charge is 2.38. The summed E-state index contributed by atoms with van der Waals surface area (Å²) >= 11 is 0. The summed E-state index contributed by atoms with van der Waals surface area (Å²) in [6.45, 7) is 29.9. The van der Waals surface area contributed by atoms with Crippen LogP contribution in [0, 0.1) is 24.2 Å². The topological polar surface area (TPSA) is 37.2 Å². The molecule has 0 aliphatic heterocycles. The summed E-state index contributed by atoms with van der Waals surface area (Å²) in [6, 6.07) is 20.6. The second-order valence-electron chi connectivity index (χ2n) is 19.5. The van der Waals surface area contributed by atoms with Crippen LogP contribution in [0.2, 0.25) is 0 Å². The molecule has 1 aromatic heterocycles. The second-order valence-corrected chi connectivity index (χ2v) is 19.5. The van der Waals surface area contributed by atoms with Crippen LogP contribution >= 0.6 is 0 Å². The Labute approximate surface area is 335 Å². The van der Waals surface area contributed by atoms with Gasteiger partial charge in [-0.3, -0.25) is 0 Å². The molecule has 1 heterocycles. The standard InChI is InChI=1S/C51H71BN2O/c1-14-38-22-24-41(25-23-38)54-45-31-37(6)30-44(53-29-17-26-49(7,8)9)48(45)52(40(15-2)19-16-18-36(5)21-20-35(3)4)47-33-39-32-42-43(34-46(39)55-47)51(12,13)28-27-50(42,10)11/h15-17,19,22-25,29-36,53-54H,14,18,20-21,26-28H2,1-13H3/b19-16-,29-17+,40-15+. The van der Waals surface area contributed by atoms with Crippen molar-refractivity contribution in [3.63, 3.8) is 0 Å². The second kappa shape index (κ2) is 17.5. The predicted octanol–water partition coefficient (Wildman–Crippen LogP) is 13.9. The average Bonchev–Trinajstić information content (AvgIpc) is 3.54. The molecule has 294 valence electrons. The fourth-order valence-corrected chi connectivity index (χ4v) is 8.14. The van der Waals surface area contributed by atoms with E-state index in [0.29, 0.717) is 5.92 Å². The Kier molecular flexibility index (Phi) is 13.4. The first-order chi connectivity index (χ1) is 25.9. The highest BCUT2D eigenvalue weighted by Crippen LogP contribution is 2.47. The summed E-state index contributed by atoms with van der Waals surface area (Å²) in [6.07, 6.45) is 19.4. The molecule has 4 aromatic rings. The lowest BCUT2D eigenvalue weighted by molar-refractivity contribution is 0.332. The van der Waals surface area contributed by atoms with Crippen molar-refractivity contribution < 1.29 is 4.42 Å². The number of anilines is 3. The average molecular weight is 739 g/mol. The molecule has 0 amide bonds. The molecule has 0 saturated heterocycles. The van der Waals surface area contributed by atoms with Crippen LogP contribution in [0.5, 0.6) is 0 Å². The number of hydrogen-bond donors (Lipinski definition) is 2. The number of rotatable bonds is 15. The number of hydrogen-bond acceptors (Lipinski definition) is 3. The van der Waals surface area contributed by atoms with E-state index in [4.69, 9.17) is 4.42 Å². The summed E-state index contributed by atoms with van der Waals surface area (Å²) in [7, 11) is 0. The van der Waals surface area contributed by atoms with Crippen molar-refractivity contribution >= 4 is 45.9 Å². The lowest BCUT2D eigenvalue weighted by Gasteiger charge is -2.41. The zero-order valence-electron chi connectivity index (χ0n) is 36.7. The number of benzene rings is 3. The van der Waals surface area contributed by atoms with Crippen molar-refractivity contribution in [1.29, 1.82) is 0 Å². The van der Waals surface area contributed by atoms with E-state index >= 15 is 0 Å². The van der Waals surface area contributed by atoms with Gasteiger partial charge in [-0.1, -0.05) is 131 Å². The van der Waals surface area contributed by atoms with Gasteiger partial charge < -0.3 is 15.1 Å². The Hall–Kier alpha value is -3.92. The summed E-state index contributed by atoms with van der Waals surface area (Å²) in [4.78, 5) is 0. The molecular weight excluding hydrogens is 667 g/mol. The molecular formula is C51H71BN2O. The third-order valence-corrected chi connectivity index (χ3v) is 11.9. The minimum absolute atomic E-state index is 0.104. The molecule has 1 aliphatic carbocycles. The third-order valence-electron chi connectivity index (χ3n) is 11.9. The number of furan rings is 1. The SMILES string of the molecule is C/C=C(\C=C/CC(C)CCC(C)C)B(c1cc2cc3c(cc2o1)C(C)(C)CCC3(C)C)c1c(N/C=C/CC(C)(C)C)cc(C)cc1Nc1ccc(CC)cc1. The molecule has 2 N–H and O–H groups in total. The first-order valence-corrected chi connectivity index (χ1v) is 21.2. The molecule has 0 saturated carbocycles. The Bertz CT molecular complexity index is 1940. The van der Waals surface area contributed by atoms with Crippen molar-refractivity contribution in [3.8, 4) is 0 Å². The van der Waals surface area contributed by atoms with Crippen LogP contribution in [0.3, 0.4) is 0 Å². The minimum atomic E-state index is -0.158. The number of nitrogens with one attached hydrogen (secondary N) is 2. The van der Waals surface area contributed by atoms with Crippen molar-refractivity contribution in [2.45, 2.75) is 146 Å². The molecule has 0 radical (unpaired) electrons. The Morgan fingerprint density at radius 1 is 0.873 bits per heavy atom. The number of aryl methyl sites for hydroxylation is 2. The summed E-state index contributed by atoms with van der Waals surface area (Å²) < 4.78 is 7.13. The predicted molar refractivity (Wildman–Crippen MR) is 244 cm³/mol. The normalized spacial score (nSPS) is 16.3. The van der Waals surface area contributed by atoms with Crippen LogP contribution in [0.25, 0.3) is 11.0 Å². The Morgan fingerprint density at radius 3 is 2.15 bits per heavy atom. The van der Waals surface area contributed by atoms with Gasteiger partial charge in [-0.2, -0.15) is 0 Å². The Morgan fingerprint density at radius 2 is 1.53 bits per heavy atom. The van der Waals surface area contributed by atoms with Gasteiger partial charge in [0.2, 0.25) is 0 Å². The monoisotopic (exact) mass is 739 g/mol. The van der Waals surface area contributed by atoms with Gasteiger partial charge in [-0.15, -0.1) is 0 Å². The first-order valence-electron chi connectivity index (χ1n) is 21.2. The molecule has 5 rings (SSSR count). The fraction of sp³-hybridized carbons (Fsp3) is 0.490. The molecule has 55 heavy (non-hydrogen) atoms. The van der Waals surface area contributed by atoms with Crippen molar-refractivity contribution in [2.75, 3.05) is 10.6 Å². The van der Waals surface area contributed by atoms with E-state index in [1.165, 1.54) is 64.3 Å². The van der Waals surface area contributed by atoms with Gasteiger partial charge in [0.1, 0.15) is 5.58 Å². The van der Waals surface area contributed by atoms with E-state index in [1.807, 2.05) is 0 Å². The Balaban J connectivity index is 1.72.